The van der Waals surface area contributed by atoms with E-state index in [4.69, 9.17) is 0 Å². The van der Waals surface area contributed by atoms with Gasteiger partial charge in [-0.05, 0) is 63.9 Å². The summed E-state index contributed by atoms with van der Waals surface area (Å²) < 4.78 is 0. The smallest absolute Gasteiger partial charge is 0.274 e. The maximum atomic E-state index is 12.7. The van der Waals surface area contributed by atoms with Crippen molar-refractivity contribution in [1.29, 1.82) is 0 Å². The Hall–Kier alpha value is -3.54. The summed E-state index contributed by atoms with van der Waals surface area (Å²) in [6.45, 7) is 9.40. The van der Waals surface area contributed by atoms with E-state index in [0.29, 0.717) is 22.9 Å². The SMILES string of the molecule is CC(=O)c1cccc(NC(=O)c2cc(C)nc(Nc3c(C)cc(C)cc3C)n2)c1. The molecule has 0 bridgehead atoms. The van der Waals surface area contributed by atoms with Gasteiger partial charge in [0.25, 0.3) is 5.91 Å². The summed E-state index contributed by atoms with van der Waals surface area (Å²) in [5.41, 5.74) is 6.28. The lowest BCUT2D eigenvalue weighted by Crippen LogP contribution is -2.16. The molecule has 0 spiro atoms. The Kier molecular flexibility index (Phi) is 5.73. The van der Waals surface area contributed by atoms with Crippen molar-refractivity contribution in [3.05, 3.63) is 76.1 Å². The van der Waals surface area contributed by atoms with Crippen LogP contribution in [0.1, 0.15) is 50.2 Å². The van der Waals surface area contributed by atoms with Crippen LogP contribution in [0.2, 0.25) is 0 Å². The van der Waals surface area contributed by atoms with Crippen LogP contribution in [0.4, 0.5) is 17.3 Å². The summed E-state index contributed by atoms with van der Waals surface area (Å²) in [5.74, 6) is -0.0615. The number of aryl methyl sites for hydroxylation is 4. The minimum absolute atomic E-state index is 0.0608. The van der Waals surface area contributed by atoms with Crippen LogP contribution in [-0.4, -0.2) is 21.7 Å². The van der Waals surface area contributed by atoms with Crippen molar-refractivity contribution in [2.75, 3.05) is 10.6 Å². The van der Waals surface area contributed by atoms with E-state index in [1.165, 1.54) is 12.5 Å². The molecule has 0 aliphatic carbocycles. The highest BCUT2D eigenvalue weighted by Gasteiger charge is 2.13. The van der Waals surface area contributed by atoms with E-state index in [1.807, 2.05) is 20.8 Å². The lowest BCUT2D eigenvalue weighted by Gasteiger charge is -2.14. The molecule has 1 heterocycles. The molecule has 0 atom stereocenters. The topological polar surface area (TPSA) is 84.0 Å². The minimum Gasteiger partial charge on any atom is -0.324 e. The van der Waals surface area contributed by atoms with Gasteiger partial charge in [0.1, 0.15) is 5.69 Å². The Morgan fingerprint density at radius 1 is 0.897 bits per heavy atom. The highest BCUT2D eigenvalue weighted by molar-refractivity contribution is 6.04. The molecule has 0 saturated heterocycles. The van der Waals surface area contributed by atoms with Gasteiger partial charge in [0.05, 0.1) is 0 Å². The number of ketones is 1. The molecule has 0 radical (unpaired) electrons. The number of rotatable bonds is 5. The van der Waals surface area contributed by atoms with Gasteiger partial charge in [0, 0.05) is 22.6 Å². The fourth-order valence-corrected chi connectivity index (χ4v) is 3.24. The number of aromatic nitrogens is 2. The van der Waals surface area contributed by atoms with Crippen molar-refractivity contribution in [2.45, 2.75) is 34.6 Å². The van der Waals surface area contributed by atoms with Gasteiger partial charge in [0.2, 0.25) is 5.95 Å². The van der Waals surface area contributed by atoms with Crippen LogP contribution in [0.25, 0.3) is 0 Å². The highest BCUT2D eigenvalue weighted by Crippen LogP contribution is 2.25. The molecule has 3 aromatic rings. The number of carbonyl (C=O) groups excluding carboxylic acids is 2. The summed E-state index contributed by atoms with van der Waals surface area (Å²) in [6.07, 6.45) is 0. The zero-order valence-electron chi connectivity index (χ0n) is 17.3. The van der Waals surface area contributed by atoms with Gasteiger partial charge in [0.15, 0.2) is 5.78 Å². The Bertz CT molecular complexity index is 1080. The van der Waals surface area contributed by atoms with E-state index in [1.54, 1.807) is 30.3 Å². The number of nitrogens with zero attached hydrogens (tertiary/aromatic N) is 2. The Labute approximate surface area is 170 Å². The fourth-order valence-electron chi connectivity index (χ4n) is 3.24. The van der Waals surface area contributed by atoms with Crippen LogP contribution >= 0.6 is 0 Å². The van der Waals surface area contributed by atoms with Crippen molar-refractivity contribution in [3.8, 4) is 0 Å². The molecule has 0 fully saturated rings. The first-order valence-corrected chi connectivity index (χ1v) is 9.36. The van der Waals surface area contributed by atoms with Gasteiger partial charge in [-0.1, -0.05) is 29.8 Å². The normalized spacial score (nSPS) is 10.5. The number of anilines is 3. The summed E-state index contributed by atoms with van der Waals surface area (Å²) >= 11 is 0. The predicted octanol–water partition coefficient (Wildman–Crippen LogP) is 4.91. The molecule has 3 rings (SSSR count). The lowest BCUT2D eigenvalue weighted by atomic mass is 10.1. The maximum Gasteiger partial charge on any atom is 0.274 e. The van der Waals surface area contributed by atoms with Gasteiger partial charge < -0.3 is 10.6 Å². The molecule has 148 valence electrons. The minimum atomic E-state index is -0.364. The number of hydrogen-bond donors (Lipinski definition) is 2. The number of carbonyl (C=O) groups is 2. The molecule has 2 aromatic carbocycles. The molecule has 0 unspecified atom stereocenters. The van der Waals surface area contributed by atoms with Crippen LogP contribution in [0.5, 0.6) is 0 Å². The molecule has 1 aromatic heterocycles. The highest BCUT2D eigenvalue weighted by atomic mass is 16.2. The van der Waals surface area contributed by atoms with Crippen molar-refractivity contribution in [3.63, 3.8) is 0 Å². The van der Waals surface area contributed by atoms with Crippen LogP contribution in [0.15, 0.2) is 42.5 Å². The lowest BCUT2D eigenvalue weighted by molar-refractivity contribution is 0.100. The first-order valence-electron chi connectivity index (χ1n) is 9.36. The van der Waals surface area contributed by atoms with E-state index in [9.17, 15) is 9.59 Å². The van der Waals surface area contributed by atoms with Gasteiger partial charge >= 0.3 is 0 Å². The van der Waals surface area contributed by atoms with Crippen molar-refractivity contribution >= 4 is 29.0 Å². The quantitative estimate of drug-likeness (QED) is 0.607. The molecule has 0 aliphatic rings. The second-order valence-corrected chi connectivity index (χ2v) is 7.21. The molecular formula is C23H24N4O2. The second-order valence-electron chi connectivity index (χ2n) is 7.21. The largest absolute Gasteiger partial charge is 0.324 e. The Morgan fingerprint density at radius 2 is 1.59 bits per heavy atom. The third kappa shape index (κ3) is 4.85. The van der Waals surface area contributed by atoms with Gasteiger partial charge in [-0.3, -0.25) is 9.59 Å². The predicted molar refractivity (Wildman–Crippen MR) is 115 cm³/mol. The second kappa shape index (κ2) is 8.22. The molecular weight excluding hydrogens is 364 g/mol. The molecule has 6 heteroatoms. The zero-order valence-corrected chi connectivity index (χ0v) is 17.3. The van der Waals surface area contributed by atoms with Gasteiger partial charge in [-0.2, -0.15) is 0 Å². The summed E-state index contributed by atoms with van der Waals surface area (Å²) in [7, 11) is 0. The van der Waals surface area contributed by atoms with Gasteiger partial charge in [-0.15, -0.1) is 0 Å². The molecule has 2 N–H and O–H groups in total. The average molecular weight is 388 g/mol. The number of nitrogens with one attached hydrogen (secondary N) is 2. The maximum absolute atomic E-state index is 12.7. The average Bonchev–Trinajstić information content (AvgIpc) is 2.64. The molecule has 0 saturated carbocycles. The van der Waals surface area contributed by atoms with Crippen LogP contribution in [-0.2, 0) is 0 Å². The van der Waals surface area contributed by atoms with E-state index in [-0.39, 0.29) is 17.4 Å². The molecule has 1 amide bonds. The molecule has 0 aliphatic heterocycles. The molecule has 6 nitrogen and oxygen atoms in total. The van der Waals surface area contributed by atoms with E-state index in [0.717, 1.165) is 16.8 Å². The first kappa shape index (κ1) is 20.2. The van der Waals surface area contributed by atoms with Crippen molar-refractivity contribution in [2.24, 2.45) is 0 Å². The Balaban J connectivity index is 1.86. The van der Waals surface area contributed by atoms with Crippen molar-refractivity contribution < 1.29 is 9.59 Å². The van der Waals surface area contributed by atoms with Crippen LogP contribution in [0, 0.1) is 27.7 Å². The summed E-state index contributed by atoms with van der Waals surface area (Å²) in [6, 6.07) is 12.6. The third-order valence-electron chi connectivity index (χ3n) is 4.53. The van der Waals surface area contributed by atoms with Crippen LogP contribution < -0.4 is 10.6 Å². The monoisotopic (exact) mass is 388 g/mol. The first-order chi connectivity index (χ1) is 13.7. The van der Waals surface area contributed by atoms with E-state index < -0.39 is 0 Å². The third-order valence-corrected chi connectivity index (χ3v) is 4.53. The van der Waals surface area contributed by atoms with E-state index >= 15 is 0 Å². The zero-order chi connectivity index (χ0) is 21.1. The van der Waals surface area contributed by atoms with E-state index in [2.05, 4.69) is 39.7 Å². The Morgan fingerprint density at radius 3 is 2.24 bits per heavy atom. The summed E-state index contributed by atoms with van der Waals surface area (Å²) in [4.78, 5) is 33.1. The number of benzene rings is 2. The van der Waals surface area contributed by atoms with Gasteiger partial charge in [-0.25, -0.2) is 9.97 Å². The number of hydrogen-bond acceptors (Lipinski definition) is 5. The standard InChI is InChI=1S/C23H24N4O2/c1-13-9-14(2)21(15(3)10-13)27-23-24-16(4)11-20(26-23)22(29)25-19-8-6-7-18(12-19)17(5)28/h6-12H,1-5H3,(H,25,29)(H,24,26,27). The molecule has 29 heavy (non-hydrogen) atoms. The summed E-state index contributed by atoms with van der Waals surface area (Å²) in [5, 5.41) is 6.04. The fraction of sp³-hybridized carbons (Fsp3) is 0.217. The van der Waals surface area contributed by atoms with Crippen molar-refractivity contribution in [1.82, 2.24) is 9.97 Å². The number of amides is 1. The van der Waals surface area contributed by atoms with Crippen LogP contribution in [0.3, 0.4) is 0 Å². The number of Topliss-reactive ketones (excluding diaryl/α,β-unsaturated/α-hetero) is 1.